The van der Waals surface area contributed by atoms with Crippen molar-refractivity contribution in [1.29, 1.82) is 0 Å². The first-order valence-corrected chi connectivity index (χ1v) is 8.52. The van der Waals surface area contributed by atoms with Crippen molar-refractivity contribution >= 4 is 53.9 Å². The molecule has 0 radical (unpaired) electrons. The Balaban J connectivity index is 2.03. The van der Waals surface area contributed by atoms with Gasteiger partial charge in [-0.15, -0.1) is 0 Å². The van der Waals surface area contributed by atoms with Gasteiger partial charge in [0.15, 0.2) is 0 Å². The van der Waals surface area contributed by atoms with E-state index in [1.54, 1.807) is 24.3 Å². The van der Waals surface area contributed by atoms with E-state index < -0.39 is 22.5 Å². The van der Waals surface area contributed by atoms with Crippen LogP contribution in [0.4, 0.5) is 0 Å². The standard InChI is InChI=1S/C22H8O6/c23-19-15-5-11-9-3-1-2-4-10(9)12-6-16-18(22(26)28-20(16)24)8-14(12)13(11)7-17(15)21(25)27-19/h1-8H. The molecule has 0 N–H and O–H groups in total. The van der Waals surface area contributed by atoms with Crippen molar-refractivity contribution in [3.05, 3.63) is 90.2 Å². The molecule has 4 aromatic carbocycles. The third kappa shape index (κ3) is 1.71. The molecule has 0 unspecified atom stereocenters. The lowest BCUT2D eigenvalue weighted by Gasteiger charge is -2.10. The third-order valence-electron chi connectivity index (χ3n) is 5.36. The van der Waals surface area contributed by atoms with E-state index in [1.165, 1.54) is 0 Å². The van der Waals surface area contributed by atoms with Crippen LogP contribution in [0.2, 0.25) is 0 Å². The van der Waals surface area contributed by atoms with Gasteiger partial charge in [0.1, 0.15) is 0 Å². The largest absolute Gasteiger partial charge is 0.386 e. The molecular weight excluding hydrogens is 360 g/mol. The summed E-state index contributed by atoms with van der Waals surface area (Å²) < 4.78 is 9.47. The van der Waals surface area contributed by atoms with Crippen LogP contribution in [0.5, 0.6) is 0 Å². The van der Waals surface area contributed by atoms with Crippen LogP contribution >= 0.6 is 0 Å². The molecule has 0 atom stereocenters. The van der Waals surface area contributed by atoms with Crippen molar-refractivity contribution in [2.45, 2.75) is 0 Å². The molecule has 28 heavy (non-hydrogen) atoms. The summed E-state index contributed by atoms with van der Waals surface area (Å²) in [5.74, 6) is 0. The van der Waals surface area contributed by atoms with E-state index in [9.17, 15) is 19.2 Å². The molecule has 2 aromatic heterocycles. The van der Waals surface area contributed by atoms with Crippen LogP contribution in [-0.4, -0.2) is 0 Å². The van der Waals surface area contributed by atoms with Gasteiger partial charge >= 0.3 is 22.5 Å². The molecule has 0 aliphatic carbocycles. The molecule has 0 aliphatic rings. The summed E-state index contributed by atoms with van der Waals surface area (Å²) in [4.78, 5) is 48.1. The second kappa shape index (κ2) is 4.80. The van der Waals surface area contributed by atoms with Crippen molar-refractivity contribution in [1.82, 2.24) is 0 Å². The van der Waals surface area contributed by atoms with Gasteiger partial charge in [-0.3, -0.25) is 0 Å². The molecule has 0 spiro atoms. The minimum absolute atomic E-state index is 0.188. The minimum atomic E-state index is -0.695. The van der Waals surface area contributed by atoms with Gasteiger partial charge in [0.05, 0.1) is 21.5 Å². The second-order valence-corrected chi connectivity index (χ2v) is 6.79. The van der Waals surface area contributed by atoms with Crippen LogP contribution in [0.1, 0.15) is 0 Å². The first kappa shape index (κ1) is 15.0. The molecule has 0 fully saturated rings. The van der Waals surface area contributed by atoms with Gasteiger partial charge < -0.3 is 8.83 Å². The zero-order valence-electron chi connectivity index (χ0n) is 14.1. The van der Waals surface area contributed by atoms with Crippen molar-refractivity contribution in [3.63, 3.8) is 0 Å². The lowest BCUT2D eigenvalue weighted by Crippen LogP contribution is -1.94. The van der Waals surface area contributed by atoms with E-state index in [1.807, 2.05) is 24.3 Å². The maximum absolute atomic E-state index is 12.0. The minimum Gasteiger partial charge on any atom is -0.386 e. The molecule has 0 aliphatic heterocycles. The Morgan fingerprint density at radius 2 is 0.679 bits per heavy atom. The number of rotatable bonds is 0. The molecular formula is C22H8O6. The zero-order valence-corrected chi connectivity index (χ0v) is 14.1. The Morgan fingerprint density at radius 1 is 0.393 bits per heavy atom. The lowest BCUT2D eigenvalue weighted by molar-refractivity contribution is 0.499. The topological polar surface area (TPSA) is 94.6 Å². The zero-order chi connectivity index (χ0) is 19.2. The summed E-state index contributed by atoms with van der Waals surface area (Å²) in [5, 5.41) is 5.42. The highest BCUT2D eigenvalue weighted by atomic mass is 16.4. The molecule has 0 saturated heterocycles. The molecule has 6 heteroatoms. The summed E-state index contributed by atoms with van der Waals surface area (Å²) in [5.41, 5.74) is -2.73. The summed E-state index contributed by atoms with van der Waals surface area (Å²) >= 11 is 0. The number of hydrogen-bond acceptors (Lipinski definition) is 6. The summed E-state index contributed by atoms with van der Waals surface area (Å²) in [7, 11) is 0. The number of fused-ring (bicyclic) bond motifs is 8. The Hall–Kier alpha value is -4.06. The van der Waals surface area contributed by atoms with Gasteiger partial charge in [-0.25, -0.2) is 19.2 Å². The van der Waals surface area contributed by atoms with E-state index in [4.69, 9.17) is 8.83 Å². The van der Waals surface area contributed by atoms with Crippen molar-refractivity contribution in [2.24, 2.45) is 0 Å². The smallest absolute Gasteiger partial charge is 0.346 e. The number of hydrogen-bond donors (Lipinski definition) is 0. The second-order valence-electron chi connectivity index (χ2n) is 6.79. The van der Waals surface area contributed by atoms with Gasteiger partial charge in [0.2, 0.25) is 0 Å². The predicted molar refractivity (Wildman–Crippen MR) is 106 cm³/mol. The molecule has 6 rings (SSSR count). The molecule has 0 saturated carbocycles. The molecule has 6 aromatic rings. The van der Waals surface area contributed by atoms with Crippen LogP contribution < -0.4 is 22.5 Å². The van der Waals surface area contributed by atoms with Crippen LogP contribution in [0.15, 0.2) is 76.5 Å². The van der Waals surface area contributed by atoms with Gasteiger partial charge in [-0.05, 0) is 56.6 Å². The van der Waals surface area contributed by atoms with Crippen LogP contribution in [0, 0.1) is 0 Å². The monoisotopic (exact) mass is 368 g/mol. The number of furan rings is 2. The van der Waals surface area contributed by atoms with Crippen LogP contribution in [-0.2, 0) is 0 Å². The number of benzene rings is 4. The van der Waals surface area contributed by atoms with Crippen LogP contribution in [0.3, 0.4) is 0 Å². The van der Waals surface area contributed by atoms with Crippen molar-refractivity contribution in [2.75, 3.05) is 0 Å². The lowest BCUT2D eigenvalue weighted by atomic mass is 9.92. The van der Waals surface area contributed by atoms with Gasteiger partial charge in [-0.1, -0.05) is 24.3 Å². The van der Waals surface area contributed by atoms with E-state index in [-0.39, 0.29) is 21.5 Å². The molecule has 0 bridgehead atoms. The van der Waals surface area contributed by atoms with Gasteiger partial charge in [-0.2, -0.15) is 0 Å². The molecule has 6 nitrogen and oxygen atoms in total. The highest BCUT2D eigenvalue weighted by Gasteiger charge is 2.17. The van der Waals surface area contributed by atoms with Gasteiger partial charge in [0.25, 0.3) is 0 Å². The first-order valence-electron chi connectivity index (χ1n) is 8.52. The van der Waals surface area contributed by atoms with E-state index in [2.05, 4.69) is 0 Å². The van der Waals surface area contributed by atoms with Crippen molar-refractivity contribution < 1.29 is 8.83 Å². The maximum Gasteiger partial charge on any atom is 0.346 e. The quantitative estimate of drug-likeness (QED) is 0.383. The Kier molecular flexibility index (Phi) is 2.58. The first-order chi connectivity index (χ1) is 13.5. The fourth-order valence-electron chi connectivity index (χ4n) is 4.11. The Labute approximate surface area is 153 Å². The Bertz CT molecular complexity index is 1710. The predicted octanol–water partition coefficient (Wildman–Crippen LogP) is 2.96. The summed E-state index contributed by atoms with van der Waals surface area (Å²) in [6, 6.07) is 14.1. The molecule has 132 valence electrons. The molecule has 2 heterocycles. The Morgan fingerprint density at radius 3 is 1.00 bits per heavy atom. The SMILES string of the molecule is O=c1oc(=O)c2cc3c(cc12)c1ccccc1c1cc2c(=O)oc(=O)c2cc13. The maximum atomic E-state index is 12.0. The van der Waals surface area contributed by atoms with E-state index in [0.717, 1.165) is 21.5 Å². The normalized spacial score (nSPS) is 12.1. The van der Waals surface area contributed by atoms with E-state index in [0.29, 0.717) is 10.8 Å². The highest BCUT2D eigenvalue weighted by molar-refractivity contribution is 6.28. The van der Waals surface area contributed by atoms with Crippen LogP contribution in [0.25, 0.3) is 53.9 Å². The fraction of sp³-hybridized carbons (Fsp3) is 0. The fourth-order valence-corrected chi connectivity index (χ4v) is 4.11. The summed E-state index contributed by atoms with van der Waals surface area (Å²) in [6.45, 7) is 0. The van der Waals surface area contributed by atoms with E-state index >= 15 is 0 Å². The third-order valence-corrected chi connectivity index (χ3v) is 5.36. The average molecular weight is 368 g/mol. The molecule has 0 amide bonds. The van der Waals surface area contributed by atoms with Crippen molar-refractivity contribution in [3.8, 4) is 0 Å². The average Bonchev–Trinajstić information content (AvgIpc) is 3.14. The highest BCUT2D eigenvalue weighted by Crippen LogP contribution is 2.37. The summed E-state index contributed by atoms with van der Waals surface area (Å²) in [6.07, 6.45) is 0. The van der Waals surface area contributed by atoms with Gasteiger partial charge in [0, 0.05) is 0 Å².